The van der Waals surface area contributed by atoms with Crippen LogP contribution in [0.3, 0.4) is 0 Å². The lowest BCUT2D eigenvalue weighted by atomic mass is 10.3. The van der Waals surface area contributed by atoms with Gasteiger partial charge in [-0.1, -0.05) is 29.8 Å². The van der Waals surface area contributed by atoms with Crippen molar-refractivity contribution in [1.29, 1.82) is 0 Å². The fourth-order valence-electron chi connectivity index (χ4n) is 1.69. The van der Waals surface area contributed by atoms with Crippen LogP contribution < -0.4 is 15.4 Å². The van der Waals surface area contributed by atoms with Crippen LogP contribution in [0.1, 0.15) is 0 Å². The number of carbonyl (C=O) groups excluding carboxylic acids is 2. The Hall–Kier alpha value is -2.05. The lowest BCUT2D eigenvalue weighted by Gasteiger charge is -2.09. The van der Waals surface area contributed by atoms with Crippen LogP contribution in [0.2, 0.25) is 5.02 Å². The fraction of sp³-hybridized carbons (Fsp3) is 0.125. The van der Waals surface area contributed by atoms with Crippen molar-refractivity contribution < 1.29 is 14.3 Å². The number of ether oxygens (including phenoxy) is 1. The third kappa shape index (κ3) is 5.92. The summed E-state index contributed by atoms with van der Waals surface area (Å²) in [4.78, 5) is 23.4. The molecular weight excluding hydrogens is 384 g/mol. The van der Waals surface area contributed by atoms with Crippen LogP contribution >= 0.6 is 27.5 Å². The van der Waals surface area contributed by atoms with Crippen LogP contribution in [0.5, 0.6) is 5.75 Å². The Kier molecular flexibility index (Phi) is 6.43. The maximum absolute atomic E-state index is 11.8. The van der Waals surface area contributed by atoms with E-state index in [1.807, 2.05) is 12.1 Å². The van der Waals surface area contributed by atoms with Gasteiger partial charge in [-0.3, -0.25) is 9.59 Å². The van der Waals surface area contributed by atoms with E-state index < -0.39 is 5.91 Å². The third-order valence-corrected chi connectivity index (χ3v) is 3.69. The highest BCUT2D eigenvalue weighted by Gasteiger charge is 2.08. The topological polar surface area (TPSA) is 67.4 Å². The molecule has 2 N–H and O–H groups in total. The zero-order chi connectivity index (χ0) is 16.7. The number of para-hydroxylation sites is 1. The van der Waals surface area contributed by atoms with E-state index in [2.05, 4.69) is 26.6 Å². The van der Waals surface area contributed by atoms with E-state index in [4.69, 9.17) is 16.3 Å². The number of rotatable bonds is 6. The van der Waals surface area contributed by atoms with Crippen LogP contribution in [0.4, 0.5) is 5.69 Å². The van der Waals surface area contributed by atoms with Gasteiger partial charge in [0.05, 0.1) is 12.2 Å². The molecule has 23 heavy (non-hydrogen) atoms. The molecular formula is C16H14BrClN2O3. The Bertz CT molecular complexity index is 709. The van der Waals surface area contributed by atoms with Gasteiger partial charge >= 0.3 is 0 Å². The molecule has 2 aromatic carbocycles. The zero-order valence-corrected chi connectivity index (χ0v) is 14.4. The fourth-order valence-corrected chi connectivity index (χ4v) is 2.26. The molecule has 0 aromatic heterocycles. The smallest absolute Gasteiger partial charge is 0.258 e. The van der Waals surface area contributed by atoms with Gasteiger partial charge in [0.1, 0.15) is 5.75 Å². The average molecular weight is 398 g/mol. The first kappa shape index (κ1) is 17.3. The number of hydrogen-bond donors (Lipinski definition) is 2. The highest BCUT2D eigenvalue weighted by molar-refractivity contribution is 9.10. The Balaban J connectivity index is 1.74. The van der Waals surface area contributed by atoms with E-state index in [9.17, 15) is 9.59 Å². The number of carbonyl (C=O) groups is 2. The van der Waals surface area contributed by atoms with Gasteiger partial charge in [-0.2, -0.15) is 0 Å². The summed E-state index contributed by atoms with van der Waals surface area (Å²) in [6, 6.07) is 13.9. The van der Waals surface area contributed by atoms with Crippen molar-refractivity contribution >= 4 is 45.0 Å². The van der Waals surface area contributed by atoms with Crippen LogP contribution in [0, 0.1) is 0 Å². The minimum Gasteiger partial charge on any atom is -0.484 e. The number of hydrogen-bond acceptors (Lipinski definition) is 3. The predicted molar refractivity (Wildman–Crippen MR) is 92.7 cm³/mol. The quantitative estimate of drug-likeness (QED) is 0.786. The molecule has 0 saturated heterocycles. The van der Waals surface area contributed by atoms with Crippen molar-refractivity contribution in [2.75, 3.05) is 18.5 Å². The van der Waals surface area contributed by atoms with Crippen LogP contribution in [-0.2, 0) is 9.59 Å². The molecule has 0 bridgehead atoms. The number of amides is 2. The van der Waals surface area contributed by atoms with Crippen molar-refractivity contribution in [1.82, 2.24) is 5.32 Å². The van der Waals surface area contributed by atoms with E-state index >= 15 is 0 Å². The van der Waals surface area contributed by atoms with Gasteiger partial charge in [-0.25, -0.2) is 0 Å². The summed E-state index contributed by atoms with van der Waals surface area (Å²) < 4.78 is 6.05. The van der Waals surface area contributed by atoms with Gasteiger partial charge < -0.3 is 15.4 Å². The van der Waals surface area contributed by atoms with Gasteiger partial charge in [0.2, 0.25) is 5.91 Å². The van der Waals surface area contributed by atoms with E-state index in [-0.39, 0.29) is 19.1 Å². The highest BCUT2D eigenvalue weighted by Crippen LogP contribution is 2.20. The molecule has 0 aliphatic carbocycles. The maximum Gasteiger partial charge on any atom is 0.258 e. The average Bonchev–Trinajstić information content (AvgIpc) is 2.53. The molecule has 0 radical (unpaired) electrons. The third-order valence-electron chi connectivity index (χ3n) is 2.76. The van der Waals surface area contributed by atoms with Crippen molar-refractivity contribution in [2.24, 2.45) is 0 Å². The standard InChI is InChI=1S/C16H14BrClN2O3/c17-13-6-1-2-7-14(13)20-15(21)9-19-16(22)10-23-12-5-3-4-11(18)8-12/h1-8H,9-10H2,(H,19,22)(H,20,21). The molecule has 0 fully saturated rings. The number of anilines is 1. The highest BCUT2D eigenvalue weighted by atomic mass is 79.9. The normalized spacial score (nSPS) is 10.0. The molecule has 2 aromatic rings. The van der Waals surface area contributed by atoms with E-state index in [1.54, 1.807) is 36.4 Å². The first-order valence-electron chi connectivity index (χ1n) is 6.74. The van der Waals surface area contributed by atoms with Crippen LogP contribution in [0.15, 0.2) is 53.0 Å². The summed E-state index contributed by atoms with van der Waals surface area (Å²) in [7, 11) is 0. The summed E-state index contributed by atoms with van der Waals surface area (Å²) in [6.07, 6.45) is 0. The second kappa shape index (κ2) is 8.55. The first-order valence-corrected chi connectivity index (χ1v) is 7.91. The molecule has 2 rings (SSSR count). The molecule has 0 saturated carbocycles. The van der Waals surface area contributed by atoms with Crippen LogP contribution in [0.25, 0.3) is 0 Å². The maximum atomic E-state index is 11.8. The van der Waals surface area contributed by atoms with Crippen LogP contribution in [-0.4, -0.2) is 25.0 Å². The first-order chi connectivity index (χ1) is 11.0. The molecule has 5 nitrogen and oxygen atoms in total. The van der Waals surface area contributed by atoms with Crippen molar-refractivity contribution in [2.45, 2.75) is 0 Å². The van der Waals surface area contributed by atoms with E-state index in [0.29, 0.717) is 16.5 Å². The number of benzene rings is 2. The summed E-state index contributed by atoms with van der Waals surface area (Å²) in [6.45, 7) is -0.332. The Morgan fingerprint density at radius 3 is 2.61 bits per heavy atom. The molecule has 2 amide bonds. The number of nitrogens with one attached hydrogen (secondary N) is 2. The van der Waals surface area contributed by atoms with Gasteiger partial charge in [-0.15, -0.1) is 0 Å². The largest absolute Gasteiger partial charge is 0.484 e. The lowest BCUT2D eigenvalue weighted by Crippen LogP contribution is -2.35. The Morgan fingerprint density at radius 1 is 1.09 bits per heavy atom. The summed E-state index contributed by atoms with van der Waals surface area (Å²) >= 11 is 9.14. The molecule has 7 heteroatoms. The predicted octanol–water partition coefficient (Wildman–Crippen LogP) is 3.24. The lowest BCUT2D eigenvalue weighted by molar-refractivity contribution is -0.125. The second-order valence-electron chi connectivity index (χ2n) is 4.55. The molecule has 0 heterocycles. The van der Waals surface area contributed by atoms with Gasteiger partial charge in [0.25, 0.3) is 5.91 Å². The minimum atomic E-state index is -0.396. The van der Waals surface area contributed by atoms with Gasteiger partial charge in [0, 0.05) is 9.50 Å². The molecule has 0 aliphatic heterocycles. The summed E-state index contributed by atoms with van der Waals surface area (Å²) in [5, 5.41) is 5.69. The van der Waals surface area contributed by atoms with E-state index in [0.717, 1.165) is 4.47 Å². The second-order valence-corrected chi connectivity index (χ2v) is 5.84. The van der Waals surface area contributed by atoms with Gasteiger partial charge in [0.15, 0.2) is 6.61 Å². The van der Waals surface area contributed by atoms with Crippen molar-refractivity contribution in [3.05, 3.63) is 58.0 Å². The van der Waals surface area contributed by atoms with E-state index in [1.165, 1.54) is 0 Å². The van der Waals surface area contributed by atoms with Gasteiger partial charge in [-0.05, 0) is 46.3 Å². The molecule has 120 valence electrons. The summed E-state index contributed by atoms with van der Waals surface area (Å²) in [5.41, 5.74) is 0.641. The molecule has 0 aliphatic rings. The zero-order valence-electron chi connectivity index (χ0n) is 12.0. The Labute approximate surface area is 147 Å². The summed E-state index contributed by atoms with van der Waals surface area (Å²) in [5.74, 6) is -0.231. The number of halogens is 2. The van der Waals surface area contributed by atoms with Crippen molar-refractivity contribution in [3.8, 4) is 5.75 Å². The van der Waals surface area contributed by atoms with Crippen molar-refractivity contribution in [3.63, 3.8) is 0 Å². The minimum absolute atomic E-state index is 0.140. The molecule has 0 atom stereocenters. The molecule has 0 unspecified atom stereocenters. The molecule has 0 spiro atoms. The Morgan fingerprint density at radius 2 is 1.87 bits per heavy atom. The SMILES string of the molecule is O=C(COc1cccc(Cl)c1)NCC(=O)Nc1ccccc1Br. The monoisotopic (exact) mass is 396 g/mol.